The Morgan fingerprint density at radius 3 is 1.62 bits per heavy atom. The number of aryl methyl sites for hydroxylation is 2. The smallest absolute Gasteiger partial charge is 0.0719 e. The lowest BCUT2D eigenvalue weighted by atomic mass is 9.66. The molecule has 1 saturated carbocycles. The second kappa shape index (κ2) is 14.2. The van der Waals surface area contributed by atoms with Crippen molar-refractivity contribution >= 4 is 17.1 Å². The van der Waals surface area contributed by atoms with Crippen molar-refractivity contribution < 1.29 is 0 Å². The van der Waals surface area contributed by atoms with Gasteiger partial charge in [0.25, 0.3) is 0 Å². The van der Waals surface area contributed by atoms with Gasteiger partial charge in [0.05, 0.1) is 16.8 Å². The zero-order valence-electron chi connectivity index (χ0n) is 35.4. The van der Waals surface area contributed by atoms with Crippen LogP contribution in [0.3, 0.4) is 0 Å². The van der Waals surface area contributed by atoms with Crippen LogP contribution in [0.15, 0.2) is 212 Å². The van der Waals surface area contributed by atoms with Crippen molar-refractivity contribution in [2.75, 3.05) is 4.90 Å². The van der Waals surface area contributed by atoms with E-state index >= 15 is 0 Å². The Labute approximate surface area is 371 Å². The third-order valence-corrected chi connectivity index (χ3v) is 15.2. The Hall–Kier alpha value is -7.22. The van der Waals surface area contributed by atoms with Gasteiger partial charge in [0.1, 0.15) is 0 Å². The highest BCUT2D eigenvalue weighted by Gasteiger charge is 2.50. The Morgan fingerprint density at radius 1 is 0.333 bits per heavy atom. The van der Waals surface area contributed by atoms with Crippen LogP contribution in [0.25, 0.3) is 44.5 Å². The first-order valence-electron chi connectivity index (χ1n) is 22.9. The molecule has 0 saturated heterocycles. The van der Waals surface area contributed by atoms with Crippen LogP contribution in [0.5, 0.6) is 0 Å². The summed E-state index contributed by atoms with van der Waals surface area (Å²) in [5.41, 5.74) is 24.8. The number of benzene rings is 9. The fourth-order valence-corrected chi connectivity index (χ4v) is 12.6. The summed E-state index contributed by atoms with van der Waals surface area (Å²) in [6.07, 6.45) is 6.94. The van der Waals surface area contributed by atoms with E-state index in [2.05, 4.69) is 217 Å². The van der Waals surface area contributed by atoms with Crippen LogP contribution in [0.1, 0.15) is 70.2 Å². The fraction of sp³-hybridized carbons (Fsp3) is 0.129. The number of anilines is 3. The molecule has 1 nitrogen and oxygen atoms in total. The summed E-state index contributed by atoms with van der Waals surface area (Å²) in [6.45, 7) is 0. The molecule has 0 N–H and O–H groups in total. The first kappa shape index (κ1) is 36.4. The van der Waals surface area contributed by atoms with Gasteiger partial charge >= 0.3 is 0 Å². The average Bonchev–Trinajstić information content (AvgIpc) is 4.01. The van der Waals surface area contributed by atoms with E-state index in [0.717, 1.165) is 12.8 Å². The molecule has 4 aliphatic carbocycles. The van der Waals surface area contributed by atoms with Crippen LogP contribution < -0.4 is 4.90 Å². The molecule has 0 radical (unpaired) electrons. The number of nitrogens with zero attached hydrogens (tertiary/aromatic N) is 1. The van der Waals surface area contributed by atoms with Crippen LogP contribution >= 0.6 is 0 Å². The molecule has 1 heteroatoms. The van der Waals surface area contributed by atoms with Gasteiger partial charge in [-0.1, -0.05) is 195 Å². The molecule has 0 aliphatic heterocycles. The monoisotopic (exact) mass is 805 g/mol. The number of hydrogen-bond donors (Lipinski definition) is 0. The van der Waals surface area contributed by atoms with E-state index in [1.54, 1.807) is 0 Å². The van der Waals surface area contributed by atoms with E-state index in [-0.39, 0.29) is 5.41 Å². The summed E-state index contributed by atoms with van der Waals surface area (Å²) in [7, 11) is 0. The highest BCUT2D eigenvalue weighted by molar-refractivity contribution is 6.01. The van der Waals surface area contributed by atoms with E-state index in [1.165, 1.54) is 132 Å². The van der Waals surface area contributed by atoms with Gasteiger partial charge in [-0.25, -0.2) is 0 Å². The lowest BCUT2D eigenvalue weighted by Gasteiger charge is -2.36. The number of fused-ring (bicyclic) bond motifs is 14. The van der Waals surface area contributed by atoms with Crippen molar-refractivity contribution in [2.24, 2.45) is 0 Å². The number of hydrogen-bond acceptors (Lipinski definition) is 1. The molecule has 2 spiro atoms. The van der Waals surface area contributed by atoms with Gasteiger partial charge in [0, 0.05) is 22.2 Å². The maximum absolute atomic E-state index is 2.63. The zero-order chi connectivity index (χ0) is 41.5. The Kier molecular flexibility index (Phi) is 8.19. The molecule has 0 atom stereocenters. The zero-order valence-corrected chi connectivity index (χ0v) is 35.4. The molecule has 0 aromatic heterocycles. The predicted octanol–water partition coefficient (Wildman–Crippen LogP) is 15.8. The molecule has 300 valence electrons. The Morgan fingerprint density at radius 2 is 0.905 bits per heavy atom. The van der Waals surface area contributed by atoms with Gasteiger partial charge in [-0.05, 0) is 134 Å². The number of rotatable bonds is 5. The maximum Gasteiger partial charge on any atom is 0.0719 e. The molecular formula is C62H47N. The SMILES string of the molecule is c1ccc(-c2ccc(N(c3ccc4c(c3)C3(CCCC3)c3ccccc3-4)c3cccc4c3-c3ccccc3C43c4ccccc4CCc4ccccc43)c(-c3ccccc3)c2)cc1. The van der Waals surface area contributed by atoms with Crippen molar-refractivity contribution in [2.45, 2.75) is 49.4 Å². The third-order valence-electron chi connectivity index (χ3n) is 15.2. The Balaban J connectivity index is 1.13. The fourth-order valence-electron chi connectivity index (χ4n) is 12.6. The summed E-state index contributed by atoms with van der Waals surface area (Å²) in [4.78, 5) is 2.63. The van der Waals surface area contributed by atoms with Crippen molar-refractivity contribution in [1.82, 2.24) is 0 Å². The van der Waals surface area contributed by atoms with Gasteiger partial charge in [0.2, 0.25) is 0 Å². The summed E-state index contributed by atoms with van der Waals surface area (Å²) >= 11 is 0. The highest BCUT2D eigenvalue weighted by atomic mass is 15.1. The van der Waals surface area contributed by atoms with Crippen LogP contribution in [-0.2, 0) is 23.7 Å². The quantitative estimate of drug-likeness (QED) is 0.167. The van der Waals surface area contributed by atoms with Crippen LogP contribution in [0.4, 0.5) is 17.1 Å². The van der Waals surface area contributed by atoms with Gasteiger partial charge in [-0.3, -0.25) is 0 Å². The lowest BCUT2D eigenvalue weighted by Crippen LogP contribution is -2.30. The van der Waals surface area contributed by atoms with Crippen LogP contribution in [-0.4, -0.2) is 0 Å². The molecule has 0 amide bonds. The second-order valence-corrected chi connectivity index (χ2v) is 18.2. The molecule has 1 fully saturated rings. The minimum Gasteiger partial charge on any atom is -0.309 e. The summed E-state index contributed by atoms with van der Waals surface area (Å²) in [5, 5.41) is 0. The van der Waals surface area contributed by atoms with Gasteiger partial charge in [-0.2, -0.15) is 0 Å². The standard InChI is InChI=1S/C62H47N/c1-3-18-42(19-4-1)46-34-37-58(51(40-46)43-20-5-2-6-21-43)63(47-35-36-49-48-24-9-13-28-54(48)61(57(49)41-47)38-15-16-39-61)59-31-17-30-56-60(59)50-25-10-14-29-55(50)62(56)52-26-11-7-22-44(52)32-33-45-23-8-12-27-53(45)62/h1-14,17-31,34-37,40-41H,15-16,32-33,38-39H2. The molecular weight excluding hydrogens is 759 g/mol. The molecule has 0 bridgehead atoms. The van der Waals surface area contributed by atoms with E-state index in [1.807, 2.05) is 0 Å². The largest absolute Gasteiger partial charge is 0.309 e. The van der Waals surface area contributed by atoms with Gasteiger partial charge < -0.3 is 4.90 Å². The van der Waals surface area contributed by atoms with E-state index in [9.17, 15) is 0 Å². The van der Waals surface area contributed by atoms with E-state index < -0.39 is 5.41 Å². The predicted molar refractivity (Wildman–Crippen MR) is 261 cm³/mol. The molecule has 13 rings (SSSR count). The van der Waals surface area contributed by atoms with Crippen LogP contribution in [0.2, 0.25) is 0 Å². The first-order valence-corrected chi connectivity index (χ1v) is 22.9. The molecule has 9 aromatic rings. The van der Waals surface area contributed by atoms with Crippen molar-refractivity contribution in [3.05, 3.63) is 257 Å². The van der Waals surface area contributed by atoms with Crippen LogP contribution in [0, 0.1) is 0 Å². The summed E-state index contributed by atoms with van der Waals surface area (Å²) < 4.78 is 0. The molecule has 0 unspecified atom stereocenters. The van der Waals surface area contributed by atoms with E-state index in [0.29, 0.717) is 0 Å². The highest BCUT2D eigenvalue weighted by Crippen LogP contribution is 2.63. The van der Waals surface area contributed by atoms with E-state index in [4.69, 9.17) is 0 Å². The summed E-state index contributed by atoms with van der Waals surface area (Å²) in [5.74, 6) is 0. The average molecular weight is 806 g/mol. The first-order chi connectivity index (χ1) is 31.2. The maximum atomic E-state index is 2.63. The molecule has 4 aliphatic rings. The minimum atomic E-state index is -0.468. The van der Waals surface area contributed by atoms with Crippen molar-refractivity contribution in [3.8, 4) is 44.5 Å². The topological polar surface area (TPSA) is 3.24 Å². The van der Waals surface area contributed by atoms with Crippen molar-refractivity contribution in [3.63, 3.8) is 0 Å². The molecule has 63 heavy (non-hydrogen) atoms. The molecule has 9 aromatic carbocycles. The summed E-state index contributed by atoms with van der Waals surface area (Å²) in [6, 6.07) is 80.8. The molecule has 0 heterocycles. The minimum absolute atomic E-state index is 0.0378. The third kappa shape index (κ3) is 5.23. The Bertz CT molecular complexity index is 3190. The van der Waals surface area contributed by atoms with Gasteiger partial charge in [-0.15, -0.1) is 0 Å². The van der Waals surface area contributed by atoms with Crippen molar-refractivity contribution in [1.29, 1.82) is 0 Å². The lowest BCUT2D eigenvalue weighted by molar-refractivity contribution is 0.550. The normalized spacial score (nSPS) is 15.5. The van der Waals surface area contributed by atoms with Gasteiger partial charge in [0.15, 0.2) is 0 Å². The second-order valence-electron chi connectivity index (χ2n) is 18.2.